The second-order valence-corrected chi connectivity index (χ2v) is 4.30. The van der Waals surface area contributed by atoms with Crippen molar-refractivity contribution in [3.05, 3.63) is 17.2 Å². The summed E-state index contributed by atoms with van der Waals surface area (Å²) in [5, 5.41) is 6.28. The van der Waals surface area contributed by atoms with Gasteiger partial charge in [0.1, 0.15) is 11.5 Å². The summed E-state index contributed by atoms with van der Waals surface area (Å²) in [6.45, 7) is 0.659. The minimum absolute atomic E-state index is 0.0292. The van der Waals surface area contributed by atoms with Crippen molar-refractivity contribution < 1.29 is 14.3 Å². The van der Waals surface area contributed by atoms with E-state index in [0.29, 0.717) is 29.5 Å². The largest absolute Gasteiger partial charge is 0.495 e. The number of halogens is 1. The van der Waals surface area contributed by atoms with Crippen LogP contribution in [0.5, 0.6) is 11.5 Å². The molecule has 2 N–H and O–H groups in total. The number of hydrogen-bond acceptors (Lipinski definition) is 4. The second kappa shape index (κ2) is 7.74. The summed E-state index contributed by atoms with van der Waals surface area (Å²) in [5.74, 6) is 1.25. The van der Waals surface area contributed by atoms with E-state index in [0.717, 1.165) is 12.1 Å². The maximum absolute atomic E-state index is 11.1. The molecule has 0 bridgehead atoms. The van der Waals surface area contributed by atoms with E-state index in [1.165, 1.54) is 0 Å². The Hall–Kier alpha value is -1.62. The van der Waals surface area contributed by atoms with Crippen LogP contribution in [0.1, 0.15) is 12.8 Å². The van der Waals surface area contributed by atoms with Gasteiger partial charge < -0.3 is 20.1 Å². The van der Waals surface area contributed by atoms with Crippen molar-refractivity contribution in [2.75, 3.05) is 33.1 Å². The third-order valence-corrected chi connectivity index (χ3v) is 2.94. The van der Waals surface area contributed by atoms with Crippen molar-refractivity contribution in [1.82, 2.24) is 5.32 Å². The average molecular weight is 287 g/mol. The van der Waals surface area contributed by atoms with Gasteiger partial charge in [-0.05, 0) is 12.5 Å². The van der Waals surface area contributed by atoms with Crippen LogP contribution in [-0.2, 0) is 4.79 Å². The van der Waals surface area contributed by atoms with Crippen molar-refractivity contribution in [3.63, 3.8) is 0 Å². The summed E-state index contributed by atoms with van der Waals surface area (Å²) in [6.07, 6.45) is 1.21. The van der Waals surface area contributed by atoms with Crippen molar-refractivity contribution in [2.24, 2.45) is 0 Å². The Morgan fingerprint density at radius 2 is 1.95 bits per heavy atom. The minimum Gasteiger partial charge on any atom is -0.495 e. The highest BCUT2D eigenvalue weighted by Gasteiger charge is 2.09. The molecule has 0 fully saturated rings. The van der Waals surface area contributed by atoms with Gasteiger partial charge in [-0.3, -0.25) is 4.79 Å². The van der Waals surface area contributed by atoms with E-state index in [4.69, 9.17) is 21.1 Å². The normalized spacial score (nSPS) is 9.89. The van der Waals surface area contributed by atoms with Crippen LogP contribution in [0, 0.1) is 0 Å². The number of rotatable bonds is 7. The summed E-state index contributed by atoms with van der Waals surface area (Å²) >= 11 is 6.06. The van der Waals surface area contributed by atoms with Crippen molar-refractivity contribution >= 4 is 23.2 Å². The van der Waals surface area contributed by atoms with Gasteiger partial charge in [0, 0.05) is 26.1 Å². The Labute approximate surface area is 118 Å². The van der Waals surface area contributed by atoms with Crippen LogP contribution in [-0.4, -0.2) is 33.7 Å². The lowest BCUT2D eigenvalue weighted by molar-refractivity contribution is -0.120. The number of hydrogen-bond donors (Lipinski definition) is 2. The molecule has 0 unspecified atom stereocenters. The SMILES string of the molecule is CNC(=O)CCCNc1cc(Cl)c(OC)cc1OC. The number of methoxy groups -OCH3 is 2. The molecule has 1 aromatic carbocycles. The number of carbonyl (C=O) groups excluding carboxylic acids is 1. The maximum atomic E-state index is 11.1. The molecule has 1 aromatic rings. The van der Waals surface area contributed by atoms with E-state index in [-0.39, 0.29) is 5.91 Å². The molecule has 0 aromatic heterocycles. The summed E-state index contributed by atoms with van der Waals surface area (Å²) in [6, 6.07) is 3.47. The zero-order valence-electron chi connectivity index (χ0n) is 11.4. The highest BCUT2D eigenvalue weighted by Crippen LogP contribution is 2.35. The first kappa shape index (κ1) is 15.4. The fourth-order valence-corrected chi connectivity index (χ4v) is 1.84. The zero-order chi connectivity index (χ0) is 14.3. The first-order valence-corrected chi connectivity index (χ1v) is 6.36. The van der Waals surface area contributed by atoms with E-state index >= 15 is 0 Å². The van der Waals surface area contributed by atoms with Crippen LogP contribution in [0.15, 0.2) is 12.1 Å². The first-order chi connectivity index (χ1) is 9.12. The third kappa shape index (κ3) is 4.52. The molecule has 106 valence electrons. The Kier molecular flexibility index (Phi) is 6.29. The lowest BCUT2D eigenvalue weighted by Crippen LogP contribution is -2.18. The predicted molar refractivity (Wildman–Crippen MR) is 76.3 cm³/mol. The van der Waals surface area contributed by atoms with Gasteiger partial charge in [0.05, 0.1) is 24.9 Å². The van der Waals surface area contributed by atoms with Gasteiger partial charge in [0.25, 0.3) is 0 Å². The van der Waals surface area contributed by atoms with E-state index in [9.17, 15) is 4.79 Å². The third-order valence-electron chi connectivity index (χ3n) is 2.65. The topological polar surface area (TPSA) is 59.6 Å². The lowest BCUT2D eigenvalue weighted by atomic mass is 10.2. The van der Waals surface area contributed by atoms with Crippen LogP contribution in [0.3, 0.4) is 0 Å². The number of benzene rings is 1. The van der Waals surface area contributed by atoms with Crippen LogP contribution in [0.2, 0.25) is 5.02 Å². The molecule has 0 radical (unpaired) electrons. The monoisotopic (exact) mass is 286 g/mol. The molecule has 0 aliphatic carbocycles. The Morgan fingerprint density at radius 3 is 2.53 bits per heavy atom. The summed E-state index contributed by atoms with van der Waals surface area (Å²) in [7, 11) is 4.76. The van der Waals surface area contributed by atoms with Gasteiger partial charge in [-0.1, -0.05) is 11.6 Å². The molecule has 0 aliphatic rings. The number of anilines is 1. The van der Waals surface area contributed by atoms with Crippen LogP contribution in [0.4, 0.5) is 5.69 Å². The van der Waals surface area contributed by atoms with Crippen LogP contribution >= 0.6 is 11.6 Å². The Morgan fingerprint density at radius 1 is 1.26 bits per heavy atom. The number of ether oxygens (including phenoxy) is 2. The van der Waals surface area contributed by atoms with Gasteiger partial charge in [-0.15, -0.1) is 0 Å². The molecule has 0 aliphatic heterocycles. The van der Waals surface area contributed by atoms with Crippen LogP contribution in [0.25, 0.3) is 0 Å². The van der Waals surface area contributed by atoms with Gasteiger partial charge in [-0.2, -0.15) is 0 Å². The molecule has 19 heavy (non-hydrogen) atoms. The van der Waals surface area contributed by atoms with Crippen molar-refractivity contribution in [2.45, 2.75) is 12.8 Å². The quantitative estimate of drug-likeness (QED) is 0.755. The Balaban J connectivity index is 2.62. The molecule has 0 saturated heterocycles. The van der Waals surface area contributed by atoms with Gasteiger partial charge >= 0.3 is 0 Å². The molecule has 0 spiro atoms. The second-order valence-electron chi connectivity index (χ2n) is 3.89. The standard InChI is InChI=1S/C13H19ClN2O3/c1-15-13(17)5-4-6-16-10-7-9(14)11(18-2)8-12(10)19-3/h7-8,16H,4-6H2,1-3H3,(H,15,17). The molecule has 6 heteroatoms. The molecule has 1 rings (SSSR count). The smallest absolute Gasteiger partial charge is 0.219 e. The van der Waals surface area contributed by atoms with E-state index in [1.54, 1.807) is 33.4 Å². The van der Waals surface area contributed by atoms with Gasteiger partial charge in [0.2, 0.25) is 5.91 Å². The van der Waals surface area contributed by atoms with Crippen molar-refractivity contribution in [3.8, 4) is 11.5 Å². The van der Waals surface area contributed by atoms with Crippen molar-refractivity contribution in [1.29, 1.82) is 0 Å². The fourth-order valence-electron chi connectivity index (χ4n) is 1.60. The molecule has 5 nitrogen and oxygen atoms in total. The lowest BCUT2D eigenvalue weighted by Gasteiger charge is -2.13. The number of nitrogens with one attached hydrogen (secondary N) is 2. The van der Waals surface area contributed by atoms with Gasteiger partial charge in [0.15, 0.2) is 0 Å². The molecule has 0 atom stereocenters. The summed E-state index contributed by atoms with van der Waals surface area (Å²) in [5.41, 5.74) is 0.783. The predicted octanol–water partition coefficient (Wildman–Crippen LogP) is 2.30. The highest BCUT2D eigenvalue weighted by atomic mass is 35.5. The number of amides is 1. The molecule has 1 amide bonds. The fraction of sp³-hybridized carbons (Fsp3) is 0.462. The number of carbonyl (C=O) groups is 1. The van der Waals surface area contributed by atoms with E-state index in [2.05, 4.69) is 10.6 Å². The summed E-state index contributed by atoms with van der Waals surface area (Å²) in [4.78, 5) is 11.1. The molecule has 0 saturated carbocycles. The highest BCUT2D eigenvalue weighted by molar-refractivity contribution is 6.32. The molecular weight excluding hydrogens is 268 g/mol. The van der Waals surface area contributed by atoms with E-state index < -0.39 is 0 Å². The van der Waals surface area contributed by atoms with Crippen LogP contribution < -0.4 is 20.1 Å². The molecule has 0 heterocycles. The average Bonchev–Trinajstić information content (AvgIpc) is 2.43. The van der Waals surface area contributed by atoms with Gasteiger partial charge in [-0.25, -0.2) is 0 Å². The minimum atomic E-state index is 0.0292. The van der Waals surface area contributed by atoms with E-state index in [1.807, 2.05) is 0 Å². The maximum Gasteiger partial charge on any atom is 0.219 e. The Bertz CT molecular complexity index is 438. The first-order valence-electron chi connectivity index (χ1n) is 5.98. The summed E-state index contributed by atoms with van der Waals surface area (Å²) < 4.78 is 10.4. The molecular formula is C13H19ClN2O3. The zero-order valence-corrected chi connectivity index (χ0v) is 12.1.